The molecule has 0 unspecified atom stereocenters. The lowest BCUT2D eigenvalue weighted by molar-refractivity contribution is -0.142. The lowest BCUT2D eigenvalue weighted by Crippen LogP contribution is -2.33. The Hall–Kier alpha value is -2.92. The Morgan fingerprint density at radius 2 is 1.62 bits per heavy atom. The normalized spacial score (nSPS) is 12.1. The number of nitrogens with one attached hydrogen (secondary N) is 1. The zero-order valence-corrected chi connectivity index (χ0v) is 12.7. The van der Waals surface area contributed by atoms with E-state index in [4.69, 9.17) is 0 Å². The topological polar surface area (TPSA) is 76.9 Å². The first kappa shape index (κ1) is 19.4. The van der Waals surface area contributed by atoms with Crippen LogP contribution in [-0.4, -0.2) is 27.2 Å². The molecule has 0 aromatic carbocycles. The van der Waals surface area contributed by atoms with Crippen LogP contribution in [0.2, 0.25) is 0 Å². The van der Waals surface area contributed by atoms with Gasteiger partial charge in [-0.1, -0.05) is 0 Å². The number of alkyl halides is 6. The maximum absolute atomic E-state index is 12.6. The quantitative estimate of drug-likeness (QED) is 0.825. The van der Waals surface area contributed by atoms with Crippen molar-refractivity contribution in [1.82, 2.24) is 20.1 Å². The first-order valence-corrected chi connectivity index (χ1v) is 6.95. The molecule has 0 fully saturated rings. The third-order valence-corrected chi connectivity index (χ3v) is 3.08. The van der Waals surface area contributed by atoms with Crippen LogP contribution in [0.5, 0.6) is 0 Å². The maximum atomic E-state index is 12.6. The second-order valence-electron chi connectivity index (χ2n) is 4.96. The summed E-state index contributed by atoms with van der Waals surface area (Å²) in [5.74, 6) is -0.800. The molecule has 2 heterocycles. The Morgan fingerprint density at radius 3 is 2.15 bits per heavy atom. The largest absolute Gasteiger partial charge is 0.435 e. The van der Waals surface area contributed by atoms with E-state index in [1.54, 1.807) is 0 Å². The van der Waals surface area contributed by atoms with Gasteiger partial charge in [-0.2, -0.15) is 31.4 Å². The number of nitrogens with zero attached hydrogens (tertiary/aromatic N) is 3. The molecule has 2 aromatic rings. The molecular formula is C14H10F6N4O2. The predicted molar refractivity (Wildman–Crippen MR) is 75.1 cm³/mol. The molecule has 1 N–H and O–H groups in total. The average Bonchev–Trinajstić information content (AvgIpc) is 2.54. The van der Waals surface area contributed by atoms with Crippen LogP contribution in [0, 0.1) is 0 Å². The van der Waals surface area contributed by atoms with Crippen molar-refractivity contribution in [1.29, 1.82) is 0 Å². The van der Waals surface area contributed by atoms with Gasteiger partial charge in [0.1, 0.15) is 5.69 Å². The monoisotopic (exact) mass is 380 g/mol. The molecule has 0 saturated carbocycles. The summed E-state index contributed by atoms with van der Waals surface area (Å²) in [6, 6.07) is 2.75. The zero-order valence-electron chi connectivity index (χ0n) is 12.7. The molecule has 0 aliphatic rings. The summed E-state index contributed by atoms with van der Waals surface area (Å²) in [7, 11) is 0. The van der Waals surface area contributed by atoms with Crippen LogP contribution < -0.4 is 10.9 Å². The fraction of sp³-hybridized carbons (Fsp3) is 0.286. The van der Waals surface area contributed by atoms with Crippen LogP contribution in [0.1, 0.15) is 21.7 Å². The van der Waals surface area contributed by atoms with E-state index < -0.39 is 35.2 Å². The average molecular weight is 380 g/mol. The molecular weight excluding hydrogens is 370 g/mol. The lowest BCUT2D eigenvalue weighted by atomic mass is 10.2. The summed E-state index contributed by atoms with van der Waals surface area (Å²) in [5.41, 5.74) is -3.42. The number of aromatic nitrogens is 3. The Balaban J connectivity index is 2.00. The van der Waals surface area contributed by atoms with Gasteiger partial charge >= 0.3 is 12.4 Å². The molecule has 2 rings (SSSR count). The minimum atomic E-state index is -4.73. The van der Waals surface area contributed by atoms with E-state index in [9.17, 15) is 35.9 Å². The lowest BCUT2D eigenvalue weighted by Gasteiger charge is -2.10. The fourth-order valence-electron chi connectivity index (χ4n) is 1.83. The van der Waals surface area contributed by atoms with Crippen molar-refractivity contribution in [2.24, 2.45) is 0 Å². The Morgan fingerprint density at radius 1 is 1.00 bits per heavy atom. The van der Waals surface area contributed by atoms with Gasteiger partial charge in [-0.15, -0.1) is 0 Å². The number of carbonyl (C=O) groups excluding carboxylic acids is 1. The number of hydrogen-bond acceptors (Lipinski definition) is 4. The molecule has 2 aromatic heterocycles. The predicted octanol–water partition coefficient (Wildman–Crippen LogP) is 2.11. The van der Waals surface area contributed by atoms with Gasteiger partial charge in [0, 0.05) is 18.8 Å². The van der Waals surface area contributed by atoms with Crippen molar-refractivity contribution >= 4 is 5.91 Å². The molecule has 12 heteroatoms. The Labute approximate surface area is 141 Å². The van der Waals surface area contributed by atoms with E-state index >= 15 is 0 Å². The highest BCUT2D eigenvalue weighted by molar-refractivity contribution is 5.93. The van der Waals surface area contributed by atoms with Crippen molar-refractivity contribution < 1.29 is 31.1 Å². The molecule has 1 amide bonds. The van der Waals surface area contributed by atoms with Crippen molar-refractivity contribution in [3.05, 3.63) is 57.8 Å². The summed E-state index contributed by atoms with van der Waals surface area (Å²) in [6.45, 7) is -0.628. The van der Waals surface area contributed by atoms with Gasteiger partial charge in [-0.05, 0) is 18.2 Å². The zero-order chi connectivity index (χ0) is 19.5. The standard InChI is InChI=1S/C14H10F6N4O2/c15-13(16,17)9-2-1-8(7-22-9)12(26)21-5-6-24-11(25)4-3-10(23-24)14(18,19)20/h1-4,7H,5-6H2,(H,21,26). The number of carbonyl (C=O) groups is 1. The van der Waals surface area contributed by atoms with Gasteiger partial charge in [0.05, 0.1) is 12.1 Å². The van der Waals surface area contributed by atoms with E-state index in [1.165, 1.54) is 0 Å². The van der Waals surface area contributed by atoms with Crippen LogP contribution in [0.3, 0.4) is 0 Å². The minimum absolute atomic E-state index is 0.178. The van der Waals surface area contributed by atoms with Crippen LogP contribution >= 0.6 is 0 Å². The molecule has 140 valence electrons. The van der Waals surface area contributed by atoms with Crippen molar-refractivity contribution in [3.8, 4) is 0 Å². The van der Waals surface area contributed by atoms with Gasteiger partial charge in [0.15, 0.2) is 5.69 Å². The highest BCUT2D eigenvalue weighted by Crippen LogP contribution is 2.27. The molecule has 0 aliphatic heterocycles. The van der Waals surface area contributed by atoms with Crippen LogP contribution in [0.4, 0.5) is 26.3 Å². The van der Waals surface area contributed by atoms with Crippen LogP contribution in [-0.2, 0) is 18.9 Å². The summed E-state index contributed by atoms with van der Waals surface area (Å²) in [6.07, 6.45) is -8.66. The van der Waals surface area contributed by atoms with Gasteiger partial charge in [-0.25, -0.2) is 4.68 Å². The third kappa shape index (κ3) is 4.80. The first-order chi connectivity index (χ1) is 12.0. The molecule has 0 aliphatic carbocycles. The van der Waals surface area contributed by atoms with Gasteiger partial charge in [-0.3, -0.25) is 14.6 Å². The molecule has 0 bridgehead atoms. The molecule has 0 radical (unpaired) electrons. The molecule has 0 spiro atoms. The second-order valence-corrected chi connectivity index (χ2v) is 4.96. The first-order valence-electron chi connectivity index (χ1n) is 6.95. The van der Waals surface area contributed by atoms with E-state index in [0.717, 1.165) is 6.07 Å². The summed E-state index contributed by atoms with van der Waals surface area (Å²) in [4.78, 5) is 26.4. The number of halogens is 6. The number of rotatable bonds is 4. The van der Waals surface area contributed by atoms with Crippen molar-refractivity contribution in [2.45, 2.75) is 18.9 Å². The smallest absolute Gasteiger partial charge is 0.350 e. The van der Waals surface area contributed by atoms with Crippen molar-refractivity contribution in [3.63, 3.8) is 0 Å². The highest BCUT2D eigenvalue weighted by Gasteiger charge is 2.33. The molecule has 0 atom stereocenters. The fourth-order valence-corrected chi connectivity index (χ4v) is 1.83. The highest BCUT2D eigenvalue weighted by atomic mass is 19.4. The van der Waals surface area contributed by atoms with Gasteiger partial charge < -0.3 is 5.32 Å². The number of amides is 1. The Kier molecular flexibility index (Phi) is 5.33. The summed E-state index contributed by atoms with van der Waals surface area (Å²) in [5, 5.41) is 5.39. The summed E-state index contributed by atoms with van der Waals surface area (Å²) >= 11 is 0. The Bertz CT molecular complexity index is 842. The van der Waals surface area contributed by atoms with Gasteiger partial charge in [0.2, 0.25) is 0 Å². The SMILES string of the molecule is O=C(NCCn1nc(C(F)(F)F)ccc1=O)c1ccc(C(F)(F)F)nc1. The van der Waals surface area contributed by atoms with Crippen molar-refractivity contribution in [2.75, 3.05) is 6.54 Å². The number of pyridine rings is 1. The van der Waals surface area contributed by atoms with Crippen LogP contribution in [0.25, 0.3) is 0 Å². The molecule has 6 nitrogen and oxygen atoms in total. The van der Waals surface area contributed by atoms with Crippen LogP contribution in [0.15, 0.2) is 35.3 Å². The second kappa shape index (κ2) is 7.14. The van der Waals surface area contributed by atoms with E-state index in [2.05, 4.69) is 15.4 Å². The van der Waals surface area contributed by atoms with E-state index in [1.807, 2.05) is 0 Å². The maximum Gasteiger partial charge on any atom is 0.435 e. The van der Waals surface area contributed by atoms with Gasteiger partial charge in [0.25, 0.3) is 11.5 Å². The van der Waals surface area contributed by atoms with E-state index in [-0.39, 0.29) is 18.7 Å². The summed E-state index contributed by atoms with van der Waals surface area (Å²) < 4.78 is 75.3. The van der Waals surface area contributed by atoms with E-state index in [0.29, 0.717) is 29.1 Å². The third-order valence-electron chi connectivity index (χ3n) is 3.08. The molecule has 0 saturated heterocycles. The number of hydrogen-bond donors (Lipinski definition) is 1. The minimum Gasteiger partial charge on any atom is -0.350 e. The molecule has 26 heavy (non-hydrogen) atoms.